The van der Waals surface area contributed by atoms with Crippen LogP contribution in [0.4, 0.5) is 15.2 Å². The van der Waals surface area contributed by atoms with Crippen LogP contribution >= 0.6 is 11.5 Å². The van der Waals surface area contributed by atoms with E-state index in [1.54, 1.807) is 6.07 Å². The number of carbonyl (C=O) groups excluding carboxylic acids is 1. The van der Waals surface area contributed by atoms with E-state index in [1.807, 2.05) is 18.0 Å². The Morgan fingerprint density at radius 2 is 2.30 bits per heavy atom. The summed E-state index contributed by atoms with van der Waals surface area (Å²) in [6.45, 7) is 0.462. The number of nitrogens with two attached hydrogens (primary N) is 1. The summed E-state index contributed by atoms with van der Waals surface area (Å²) in [6, 6.07) is 6.33. The first-order valence-electron chi connectivity index (χ1n) is 5.95. The van der Waals surface area contributed by atoms with E-state index < -0.39 is 0 Å². The molecule has 7 heteroatoms. The number of nitrogen functional groups attached to an aromatic ring is 1. The molecule has 0 saturated carbocycles. The lowest BCUT2D eigenvalue weighted by Gasteiger charge is -2.18. The Morgan fingerprint density at radius 1 is 1.55 bits per heavy atom. The molecule has 106 valence electrons. The molecule has 20 heavy (non-hydrogen) atoms. The number of hydrogen-bond donors (Lipinski definition) is 2. The van der Waals surface area contributed by atoms with Gasteiger partial charge in [-0.25, -0.2) is 4.39 Å². The highest BCUT2D eigenvalue weighted by atomic mass is 32.1. The van der Waals surface area contributed by atoms with Gasteiger partial charge >= 0.3 is 0 Å². The van der Waals surface area contributed by atoms with Gasteiger partial charge in [0.15, 0.2) is 5.82 Å². The zero-order valence-corrected chi connectivity index (χ0v) is 12.0. The van der Waals surface area contributed by atoms with E-state index in [-0.39, 0.29) is 17.5 Å². The lowest BCUT2D eigenvalue weighted by molar-refractivity contribution is 0.0964. The highest BCUT2D eigenvalue weighted by molar-refractivity contribution is 7.11. The van der Waals surface area contributed by atoms with Gasteiger partial charge in [-0.2, -0.15) is 4.37 Å². The molecule has 3 N–H and O–H groups in total. The SMILES string of the molecule is CNC(=O)c1c(N)nsc1N(C)Cc1cccc(F)c1. The van der Waals surface area contributed by atoms with Crippen LogP contribution in [0, 0.1) is 5.82 Å². The summed E-state index contributed by atoms with van der Waals surface area (Å²) in [6.07, 6.45) is 0. The Balaban J connectivity index is 2.26. The second-order valence-corrected chi connectivity index (χ2v) is 5.06. The molecule has 1 heterocycles. The van der Waals surface area contributed by atoms with Gasteiger partial charge in [-0.15, -0.1) is 0 Å². The lowest BCUT2D eigenvalue weighted by atomic mass is 10.2. The number of benzene rings is 1. The number of nitrogens with zero attached hydrogens (tertiary/aromatic N) is 2. The second kappa shape index (κ2) is 5.87. The number of nitrogens with one attached hydrogen (secondary N) is 1. The van der Waals surface area contributed by atoms with Crippen molar-refractivity contribution in [2.75, 3.05) is 24.7 Å². The molecule has 0 bridgehead atoms. The largest absolute Gasteiger partial charge is 0.382 e. The Hall–Kier alpha value is -2.15. The molecule has 0 unspecified atom stereocenters. The summed E-state index contributed by atoms with van der Waals surface area (Å²) in [5.74, 6) is -0.362. The fraction of sp³-hybridized carbons (Fsp3) is 0.231. The van der Waals surface area contributed by atoms with Crippen molar-refractivity contribution in [1.82, 2.24) is 9.69 Å². The summed E-state index contributed by atoms with van der Waals surface area (Å²) < 4.78 is 17.2. The zero-order chi connectivity index (χ0) is 14.7. The van der Waals surface area contributed by atoms with Crippen LogP contribution in [0.15, 0.2) is 24.3 Å². The van der Waals surface area contributed by atoms with Gasteiger partial charge in [0.1, 0.15) is 16.4 Å². The van der Waals surface area contributed by atoms with Crippen molar-refractivity contribution < 1.29 is 9.18 Å². The van der Waals surface area contributed by atoms with Crippen LogP contribution in [0.25, 0.3) is 0 Å². The van der Waals surface area contributed by atoms with E-state index in [1.165, 1.54) is 19.2 Å². The van der Waals surface area contributed by atoms with Crippen molar-refractivity contribution in [3.8, 4) is 0 Å². The fourth-order valence-electron chi connectivity index (χ4n) is 1.87. The van der Waals surface area contributed by atoms with E-state index in [9.17, 15) is 9.18 Å². The van der Waals surface area contributed by atoms with E-state index in [0.29, 0.717) is 17.1 Å². The first kappa shape index (κ1) is 14.3. The number of rotatable bonds is 4. The lowest BCUT2D eigenvalue weighted by Crippen LogP contribution is -2.23. The van der Waals surface area contributed by atoms with Crippen LogP contribution in [0.2, 0.25) is 0 Å². The molecule has 1 amide bonds. The second-order valence-electron chi connectivity index (χ2n) is 4.31. The molecule has 2 rings (SSSR count). The molecule has 0 aliphatic carbocycles. The summed E-state index contributed by atoms with van der Waals surface area (Å²) in [7, 11) is 3.35. The van der Waals surface area contributed by atoms with Crippen LogP contribution in [0.5, 0.6) is 0 Å². The molecule has 0 aliphatic rings. The molecule has 0 aliphatic heterocycles. The van der Waals surface area contributed by atoms with Gasteiger partial charge < -0.3 is 16.0 Å². The van der Waals surface area contributed by atoms with Crippen molar-refractivity contribution in [3.63, 3.8) is 0 Å². The highest BCUT2D eigenvalue weighted by Crippen LogP contribution is 2.30. The number of anilines is 2. The average Bonchev–Trinajstić information content (AvgIpc) is 2.80. The first-order valence-corrected chi connectivity index (χ1v) is 6.73. The quantitative estimate of drug-likeness (QED) is 0.903. The van der Waals surface area contributed by atoms with Crippen molar-refractivity contribution in [2.24, 2.45) is 0 Å². The Bertz CT molecular complexity index is 629. The molecule has 2 aromatic rings. The molecular weight excluding hydrogens is 279 g/mol. The molecular formula is C13H15FN4OS. The summed E-state index contributed by atoms with van der Waals surface area (Å²) in [5.41, 5.74) is 6.89. The minimum absolute atomic E-state index is 0.204. The summed E-state index contributed by atoms with van der Waals surface area (Å²) in [4.78, 5) is 13.6. The van der Waals surface area contributed by atoms with Crippen molar-refractivity contribution in [3.05, 3.63) is 41.2 Å². The van der Waals surface area contributed by atoms with Crippen LogP contribution < -0.4 is 16.0 Å². The summed E-state index contributed by atoms with van der Waals surface area (Å²) >= 11 is 1.15. The van der Waals surface area contributed by atoms with Crippen LogP contribution in [0.3, 0.4) is 0 Å². The minimum Gasteiger partial charge on any atom is -0.382 e. The van der Waals surface area contributed by atoms with Gasteiger partial charge in [0.25, 0.3) is 5.91 Å². The number of aromatic nitrogens is 1. The van der Waals surface area contributed by atoms with E-state index in [4.69, 9.17) is 5.73 Å². The monoisotopic (exact) mass is 294 g/mol. The zero-order valence-electron chi connectivity index (χ0n) is 11.2. The maximum Gasteiger partial charge on any atom is 0.257 e. The predicted octanol–water partition coefficient (Wildman–Crippen LogP) is 1.86. The molecule has 0 spiro atoms. The van der Waals surface area contributed by atoms with Crippen molar-refractivity contribution in [2.45, 2.75) is 6.54 Å². The minimum atomic E-state index is -0.286. The number of carbonyl (C=O) groups is 1. The van der Waals surface area contributed by atoms with Gasteiger partial charge in [0.2, 0.25) is 0 Å². The topological polar surface area (TPSA) is 71.2 Å². The third kappa shape index (κ3) is 2.88. The Labute approximate surface area is 120 Å². The maximum atomic E-state index is 13.2. The van der Waals surface area contributed by atoms with Gasteiger partial charge in [-0.05, 0) is 29.2 Å². The first-order chi connectivity index (χ1) is 9.52. The van der Waals surface area contributed by atoms with Crippen molar-refractivity contribution >= 4 is 28.3 Å². The van der Waals surface area contributed by atoms with Crippen LogP contribution in [-0.4, -0.2) is 24.4 Å². The molecule has 0 atom stereocenters. The molecule has 1 aromatic heterocycles. The number of hydrogen-bond acceptors (Lipinski definition) is 5. The van der Waals surface area contributed by atoms with Gasteiger partial charge in [0, 0.05) is 20.6 Å². The van der Waals surface area contributed by atoms with Gasteiger partial charge in [0.05, 0.1) is 0 Å². The van der Waals surface area contributed by atoms with E-state index in [2.05, 4.69) is 9.69 Å². The molecule has 5 nitrogen and oxygen atoms in total. The third-order valence-electron chi connectivity index (χ3n) is 2.81. The number of halogens is 1. The molecule has 0 radical (unpaired) electrons. The van der Waals surface area contributed by atoms with Gasteiger partial charge in [-0.3, -0.25) is 4.79 Å². The smallest absolute Gasteiger partial charge is 0.257 e. The third-order valence-corrected chi connectivity index (χ3v) is 3.79. The maximum absolute atomic E-state index is 13.2. The van der Waals surface area contributed by atoms with Crippen molar-refractivity contribution in [1.29, 1.82) is 0 Å². The normalized spacial score (nSPS) is 10.3. The number of amides is 1. The van der Waals surface area contributed by atoms with Crippen LogP contribution in [-0.2, 0) is 6.54 Å². The van der Waals surface area contributed by atoms with E-state index >= 15 is 0 Å². The van der Waals surface area contributed by atoms with Gasteiger partial charge in [-0.1, -0.05) is 12.1 Å². The van der Waals surface area contributed by atoms with E-state index in [0.717, 1.165) is 17.1 Å². The Morgan fingerprint density at radius 3 is 2.95 bits per heavy atom. The highest BCUT2D eigenvalue weighted by Gasteiger charge is 2.21. The molecule has 0 saturated heterocycles. The fourth-order valence-corrected chi connectivity index (χ4v) is 2.64. The predicted molar refractivity (Wildman–Crippen MR) is 78.4 cm³/mol. The average molecular weight is 294 g/mol. The molecule has 0 fully saturated rings. The molecule has 1 aromatic carbocycles. The van der Waals surface area contributed by atoms with Crippen LogP contribution in [0.1, 0.15) is 15.9 Å². The standard InChI is InChI=1S/C13H15FN4OS/c1-16-12(19)10-11(15)17-20-13(10)18(2)7-8-4-3-5-9(14)6-8/h3-6H,7H2,1-2H3,(H2,15,17)(H,16,19). The Kier molecular flexibility index (Phi) is 4.19. The summed E-state index contributed by atoms with van der Waals surface area (Å²) in [5, 5.41) is 3.20.